The standard InChI is InChI=1S/C20H13F2NS/c1-2-3-15-4-6-16(7-5-15)8-9-17-12-20(22)18(13-19(17)21)10-11-23-14-24/h4-7,12-13H,2-3H2,1H3. The summed E-state index contributed by atoms with van der Waals surface area (Å²) in [5, 5.41) is 2.03. The van der Waals surface area contributed by atoms with Crippen LogP contribution in [0.5, 0.6) is 0 Å². The molecule has 0 aromatic heterocycles. The van der Waals surface area contributed by atoms with E-state index in [1.54, 1.807) is 0 Å². The Labute approximate surface area is 145 Å². The predicted octanol–water partition coefficient (Wildman–Crippen LogP) is 4.73. The zero-order chi connectivity index (χ0) is 17.4. The number of hydrogen-bond donors (Lipinski definition) is 0. The van der Waals surface area contributed by atoms with Gasteiger partial charge in [-0.05, 0) is 54.4 Å². The van der Waals surface area contributed by atoms with Gasteiger partial charge in [-0.2, -0.15) is 0 Å². The number of nitrogens with zero attached hydrogens (tertiary/aromatic N) is 1. The number of isothiocyanates is 1. The van der Waals surface area contributed by atoms with E-state index >= 15 is 0 Å². The number of hydrogen-bond acceptors (Lipinski definition) is 2. The Bertz CT molecular complexity index is 903. The molecule has 2 aromatic carbocycles. The van der Waals surface area contributed by atoms with Crippen LogP contribution in [0.2, 0.25) is 0 Å². The minimum absolute atomic E-state index is 0.0194. The van der Waals surface area contributed by atoms with Crippen molar-refractivity contribution in [1.82, 2.24) is 0 Å². The molecule has 0 spiro atoms. The van der Waals surface area contributed by atoms with Crippen molar-refractivity contribution in [3.63, 3.8) is 0 Å². The van der Waals surface area contributed by atoms with E-state index in [9.17, 15) is 8.78 Å². The van der Waals surface area contributed by atoms with Gasteiger partial charge in [0.15, 0.2) is 0 Å². The molecule has 4 heteroatoms. The SMILES string of the molecule is CCCc1ccc(C#Cc2cc(F)c(C#CN=C=S)cc2F)cc1. The molecule has 2 rings (SSSR count). The summed E-state index contributed by atoms with van der Waals surface area (Å²) in [5.41, 5.74) is 1.85. The second-order valence-corrected chi connectivity index (χ2v) is 5.13. The molecule has 2 aromatic rings. The van der Waals surface area contributed by atoms with Gasteiger partial charge in [0.1, 0.15) is 11.6 Å². The van der Waals surface area contributed by atoms with Gasteiger partial charge in [-0.25, -0.2) is 8.78 Å². The summed E-state index contributed by atoms with van der Waals surface area (Å²) < 4.78 is 27.9. The van der Waals surface area contributed by atoms with Crippen LogP contribution in [0.25, 0.3) is 0 Å². The number of rotatable bonds is 2. The Morgan fingerprint density at radius 2 is 1.58 bits per heavy atom. The minimum atomic E-state index is -0.661. The third-order valence-electron chi connectivity index (χ3n) is 3.18. The predicted molar refractivity (Wildman–Crippen MR) is 94.7 cm³/mol. The van der Waals surface area contributed by atoms with Crippen LogP contribution in [0, 0.1) is 35.4 Å². The van der Waals surface area contributed by atoms with Crippen molar-refractivity contribution in [2.24, 2.45) is 4.99 Å². The van der Waals surface area contributed by atoms with E-state index in [0.29, 0.717) is 0 Å². The average Bonchev–Trinajstić information content (AvgIpc) is 2.58. The van der Waals surface area contributed by atoms with Gasteiger partial charge in [0.2, 0.25) is 0 Å². The molecule has 0 unspecified atom stereocenters. The lowest BCUT2D eigenvalue weighted by Gasteiger charge is -1.99. The van der Waals surface area contributed by atoms with Crippen LogP contribution in [-0.4, -0.2) is 5.16 Å². The topological polar surface area (TPSA) is 12.4 Å². The smallest absolute Gasteiger partial charge is 0.140 e. The van der Waals surface area contributed by atoms with Crippen LogP contribution in [0.1, 0.15) is 35.6 Å². The van der Waals surface area contributed by atoms with E-state index in [2.05, 4.69) is 47.9 Å². The summed E-state index contributed by atoms with van der Waals surface area (Å²) in [6, 6.07) is 12.0. The third-order valence-corrected chi connectivity index (χ3v) is 3.27. The molecule has 0 atom stereocenters. The number of benzene rings is 2. The van der Waals surface area contributed by atoms with Gasteiger partial charge in [-0.15, -0.1) is 4.99 Å². The molecule has 0 bridgehead atoms. The zero-order valence-electron chi connectivity index (χ0n) is 13.0. The van der Waals surface area contributed by atoms with Crippen molar-refractivity contribution in [2.45, 2.75) is 19.8 Å². The Kier molecular flexibility index (Phi) is 6.41. The highest BCUT2D eigenvalue weighted by Crippen LogP contribution is 2.14. The lowest BCUT2D eigenvalue weighted by atomic mass is 10.1. The Morgan fingerprint density at radius 3 is 2.17 bits per heavy atom. The van der Waals surface area contributed by atoms with Gasteiger partial charge >= 0.3 is 0 Å². The van der Waals surface area contributed by atoms with Crippen LogP contribution >= 0.6 is 12.2 Å². The molecule has 0 aliphatic carbocycles. The molecule has 0 fully saturated rings. The maximum absolute atomic E-state index is 14.0. The fourth-order valence-corrected chi connectivity index (χ4v) is 2.08. The van der Waals surface area contributed by atoms with Crippen molar-refractivity contribution < 1.29 is 8.78 Å². The van der Waals surface area contributed by atoms with Gasteiger partial charge in [0.05, 0.1) is 22.3 Å². The molecule has 0 aliphatic heterocycles. The first-order chi connectivity index (χ1) is 11.6. The molecule has 0 aliphatic rings. The molecule has 0 N–H and O–H groups in total. The van der Waals surface area contributed by atoms with Gasteiger partial charge in [-0.3, -0.25) is 0 Å². The summed E-state index contributed by atoms with van der Waals surface area (Å²) in [6.07, 6.45) is 2.07. The number of thiocarbonyl (C=S) groups is 1. The highest BCUT2D eigenvalue weighted by atomic mass is 32.1. The first kappa shape index (κ1) is 17.6. The fraction of sp³-hybridized carbons (Fsp3) is 0.150. The van der Waals surface area contributed by atoms with Crippen LogP contribution in [0.4, 0.5) is 8.78 Å². The second kappa shape index (κ2) is 8.75. The van der Waals surface area contributed by atoms with Gasteiger partial charge in [-0.1, -0.05) is 37.3 Å². The second-order valence-electron chi connectivity index (χ2n) is 4.95. The van der Waals surface area contributed by atoms with Gasteiger partial charge in [0, 0.05) is 5.56 Å². The Hall–Kier alpha value is -2.78. The van der Waals surface area contributed by atoms with Crippen LogP contribution < -0.4 is 0 Å². The van der Waals surface area contributed by atoms with Crippen molar-refractivity contribution in [1.29, 1.82) is 0 Å². The Balaban J connectivity index is 2.26. The summed E-state index contributed by atoms with van der Waals surface area (Å²) in [4.78, 5) is 3.34. The monoisotopic (exact) mass is 337 g/mol. The number of aliphatic imine (C=N–C) groups is 1. The summed E-state index contributed by atoms with van der Waals surface area (Å²) in [6.45, 7) is 2.11. The minimum Gasteiger partial charge on any atom is -0.206 e. The highest BCUT2D eigenvalue weighted by molar-refractivity contribution is 7.78. The van der Waals surface area contributed by atoms with Crippen LogP contribution in [0.15, 0.2) is 41.4 Å². The lowest BCUT2D eigenvalue weighted by molar-refractivity contribution is 0.594. The average molecular weight is 337 g/mol. The molecule has 0 heterocycles. The van der Waals surface area contributed by atoms with Crippen LogP contribution in [0.3, 0.4) is 0 Å². The molecule has 0 amide bonds. The molecule has 24 heavy (non-hydrogen) atoms. The number of aryl methyl sites for hydroxylation is 1. The van der Waals surface area contributed by atoms with E-state index in [1.807, 2.05) is 29.4 Å². The maximum Gasteiger partial charge on any atom is 0.140 e. The molecular weight excluding hydrogens is 324 g/mol. The third kappa shape index (κ3) is 4.86. The van der Waals surface area contributed by atoms with E-state index in [0.717, 1.165) is 30.5 Å². The quantitative estimate of drug-likeness (QED) is 0.438. The summed E-state index contributed by atoms with van der Waals surface area (Å²) in [5.74, 6) is 6.55. The van der Waals surface area contributed by atoms with Crippen molar-refractivity contribution in [2.75, 3.05) is 0 Å². The van der Waals surface area contributed by atoms with Gasteiger partial charge < -0.3 is 0 Å². The molecule has 118 valence electrons. The summed E-state index contributed by atoms with van der Waals surface area (Å²) >= 11 is 4.35. The normalized spacial score (nSPS) is 9.12. The van der Waals surface area contributed by atoms with Crippen molar-refractivity contribution in [3.05, 3.63) is 70.3 Å². The maximum atomic E-state index is 14.0. The lowest BCUT2D eigenvalue weighted by Crippen LogP contribution is -1.91. The summed E-state index contributed by atoms with van der Waals surface area (Å²) in [7, 11) is 0. The molecule has 0 saturated heterocycles. The van der Waals surface area contributed by atoms with E-state index in [1.165, 1.54) is 5.56 Å². The van der Waals surface area contributed by atoms with Crippen LogP contribution in [-0.2, 0) is 6.42 Å². The van der Waals surface area contributed by atoms with E-state index < -0.39 is 11.6 Å². The zero-order valence-corrected chi connectivity index (χ0v) is 13.8. The first-order valence-electron chi connectivity index (χ1n) is 7.32. The molecular formula is C20H13F2NS. The van der Waals surface area contributed by atoms with E-state index in [4.69, 9.17) is 0 Å². The molecule has 0 radical (unpaired) electrons. The van der Waals surface area contributed by atoms with Gasteiger partial charge in [0.25, 0.3) is 0 Å². The number of halogens is 2. The largest absolute Gasteiger partial charge is 0.206 e. The van der Waals surface area contributed by atoms with Crippen molar-refractivity contribution in [3.8, 4) is 23.8 Å². The highest BCUT2D eigenvalue weighted by Gasteiger charge is 2.07. The Morgan fingerprint density at radius 1 is 0.958 bits per heavy atom. The molecule has 0 saturated carbocycles. The van der Waals surface area contributed by atoms with Crippen molar-refractivity contribution >= 4 is 17.4 Å². The van der Waals surface area contributed by atoms with E-state index in [-0.39, 0.29) is 11.1 Å². The molecule has 1 nitrogen and oxygen atoms in total. The fourth-order valence-electron chi connectivity index (χ4n) is 2.03. The first-order valence-corrected chi connectivity index (χ1v) is 7.72.